The minimum atomic E-state index is -0.959. The molecule has 1 aliphatic rings. The first-order valence-corrected chi connectivity index (χ1v) is 8.41. The summed E-state index contributed by atoms with van der Waals surface area (Å²) >= 11 is 5.76. The number of amides is 1. The Labute approximate surface area is 150 Å². The number of halogens is 1. The number of ether oxygens (including phenoxy) is 1. The Hall–Kier alpha value is -2.41. The van der Waals surface area contributed by atoms with E-state index in [2.05, 4.69) is 11.4 Å². The first-order valence-electron chi connectivity index (χ1n) is 8.03. The summed E-state index contributed by atoms with van der Waals surface area (Å²) in [6, 6.07) is 3.58. The Kier molecular flexibility index (Phi) is 6.94. The summed E-state index contributed by atoms with van der Waals surface area (Å²) in [5.74, 6) is -1.41. The minimum absolute atomic E-state index is 0.169. The van der Waals surface area contributed by atoms with Gasteiger partial charge in [0.1, 0.15) is 5.56 Å². The number of rotatable bonds is 7. The molecule has 7 nitrogen and oxygen atoms in total. The van der Waals surface area contributed by atoms with Crippen LogP contribution < -0.4 is 5.32 Å². The molecule has 1 aromatic carbocycles. The summed E-state index contributed by atoms with van der Waals surface area (Å²) in [7, 11) is 0. The highest BCUT2D eigenvalue weighted by Gasteiger charge is 2.22. The Bertz CT molecular complexity index is 702. The first kappa shape index (κ1) is 18.9. The zero-order valence-electron chi connectivity index (χ0n) is 13.6. The van der Waals surface area contributed by atoms with Crippen molar-refractivity contribution in [2.45, 2.75) is 32.1 Å². The van der Waals surface area contributed by atoms with Gasteiger partial charge in [-0.25, -0.2) is 4.79 Å². The molecule has 25 heavy (non-hydrogen) atoms. The first-order chi connectivity index (χ1) is 12.0. The van der Waals surface area contributed by atoms with Crippen molar-refractivity contribution in [1.29, 1.82) is 0 Å². The molecule has 1 aromatic rings. The molecule has 8 heteroatoms. The van der Waals surface area contributed by atoms with E-state index >= 15 is 0 Å². The van der Waals surface area contributed by atoms with Crippen LogP contribution in [0.25, 0.3) is 0 Å². The maximum atomic E-state index is 12.0. The number of carbonyl (C=O) groups excluding carboxylic acids is 2. The smallest absolute Gasteiger partial charge is 0.345 e. The van der Waals surface area contributed by atoms with E-state index < -0.39 is 29.1 Å². The lowest BCUT2D eigenvalue weighted by molar-refractivity contribution is -0.385. The van der Waals surface area contributed by atoms with Crippen LogP contribution >= 0.6 is 11.6 Å². The number of esters is 1. The molecule has 1 aliphatic carbocycles. The van der Waals surface area contributed by atoms with Gasteiger partial charge < -0.3 is 10.1 Å². The second-order valence-electron chi connectivity index (χ2n) is 5.70. The molecular formula is C17H19ClN2O5. The fourth-order valence-corrected chi connectivity index (χ4v) is 2.76. The van der Waals surface area contributed by atoms with Gasteiger partial charge in [0.15, 0.2) is 6.61 Å². The largest absolute Gasteiger partial charge is 0.452 e. The molecule has 0 heterocycles. The SMILES string of the molecule is O=C(COC(=O)c1cc(Cl)ccc1[N+](=O)[O-])NCCC1=CCCCC1. The van der Waals surface area contributed by atoms with E-state index in [1.54, 1.807) is 0 Å². The summed E-state index contributed by atoms with van der Waals surface area (Å²) in [6.45, 7) is -0.0267. The van der Waals surface area contributed by atoms with E-state index in [0.29, 0.717) is 6.54 Å². The predicted molar refractivity (Wildman–Crippen MR) is 92.6 cm³/mol. The van der Waals surface area contributed by atoms with Gasteiger partial charge >= 0.3 is 5.97 Å². The summed E-state index contributed by atoms with van der Waals surface area (Å²) < 4.78 is 4.85. The summed E-state index contributed by atoms with van der Waals surface area (Å²) in [4.78, 5) is 33.9. The molecule has 2 rings (SSSR count). The maximum Gasteiger partial charge on any atom is 0.345 e. The van der Waals surface area contributed by atoms with Gasteiger partial charge in [-0.3, -0.25) is 14.9 Å². The number of nitro benzene ring substituents is 1. The number of nitrogens with zero attached hydrogens (tertiary/aromatic N) is 1. The van der Waals surface area contributed by atoms with Crippen LogP contribution in [0.5, 0.6) is 0 Å². The van der Waals surface area contributed by atoms with Crippen molar-refractivity contribution >= 4 is 29.2 Å². The molecular weight excluding hydrogens is 348 g/mol. The number of nitrogens with one attached hydrogen (secondary N) is 1. The lowest BCUT2D eigenvalue weighted by atomic mass is 9.97. The average Bonchev–Trinajstić information content (AvgIpc) is 2.60. The van der Waals surface area contributed by atoms with Crippen molar-refractivity contribution in [2.24, 2.45) is 0 Å². The molecule has 0 spiro atoms. The third-order valence-corrected chi connectivity index (χ3v) is 4.10. The molecule has 0 unspecified atom stereocenters. The van der Waals surface area contributed by atoms with Crippen LogP contribution in [0.3, 0.4) is 0 Å². The van der Waals surface area contributed by atoms with E-state index in [-0.39, 0.29) is 10.6 Å². The van der Waals surface area contributed by atoms with Gasteiger partial charge in [-0.2, -0.15) is 0 Å². The van der Waals surface area contributed by atoms with Gasteiger partial charge in [0.05, 0.1) is 4.92 Å². The molecule has 1 amide bonds. The van der Waals surface area contributed by atoms with Crippen LogP contribution in [0.2, 0.25) is 5.02 Å². The molecule has 0 fully saturated rings. The summed E-state index contributed by atoms with van der Waals surface area (Å²) in [5.41, 5.74) is 0.634. The van der Waals surface area contributed by atoms with Crippen LogP contribution in [0.4, 0.5) is 5.69 Å². The fourth-order valence-electron chi connectivity index (χ4n) is 2.59. The lowest BCUT2D eigenvalue weighted by Crippen LogP contribution is -2.30. The van der Waals surface area contributed by atoms with E-state index in [0.717, 1.165) is 31.4 Å². The highest BCUT2D eigenvalue weighted by molar-refractivity contribution is 6.31. The van der Waals surface area contributed by atoms with E-state index in [4.69, 9.17) is 16.3 Å². The second-order valence-corrected chi connectivity index (χ2v) is 6.14. The zero-order valence-corrected chi connectivity index (χ0v) is 14.4. The van der Waals surface area contributed by atoms with Gasteiger partial charge in [-0.1, -0.05) is 23.3 Å². The second kappa shape index (κ2) is 9.17. The molecule has 0 atom stereocenters. The van der Waals surface area contributed by atoms with E-state index in [1.165, 1.54) is 24.5 Å². The van der Waals surface area contributed by atoms with Gasteiger partial charge in [-0.05, 0) is 44.2 Å². The van der Waals surface area contributed by atoms with Crippen LogP contribution in [0.15, 0.2) is 29.8 Å². The molecule has 0 bridgehead atoms. The number of nitro groups is 1. The number of hydrogen-bond acceptors (Lipinski definition) is 5. The number of benzene rings is 1. The molecule has 0 aromatic heterocycles. The van der Waals surface area contributed by atoms with Crippen LogP contribution in [0.1, 0.15) is 42.5 Å². The van der Waals surface area contributed by atoms with Gasteiger partial charge in [-0.15, -0.1) is 0 Å². The zero-order chi connectivity index (χ0) is 18.2. The van der Waals surface area contributed by atoms with Gasteiger partial charge in [0, 0.05) is 17.6 Å². The molecule has 1 N–H and O–H groups in total. The topological polar surface area (TPSA) is 98.5 Å². The van der Waals surface area contributed by atoms with Crippen LogP contribution in [-0.4, -0.2) is 30.0 Å². The third kappa shape index (κ3) is 5.86. The Balaban J connectivity index is 1.81. The maximum absolute atomic E-state index is 12.0. The normalized spacial score (nSPS) is 13.7. The minimum Gasteiger partial charge on any atom is -0.452 e. The Morgan fingerprint density at radius 2 is 2.12 bits per heavy atom. The fraction of sp³-hybridized carbons (Fsp3) is 0.412. The van der Waals surface area contributed by atoms with Crippen molar-refractivity contribution in [2.75, 3.05) is 13.2 Å². The monoisotopic (exact) mass is 366 g/mol. The van der Waals surface area contributed by atoms with Gasteiger partial charge in [0.25, 0.3) is 11.6 Å². The lowest BCUT2D eigenvalue weighted by Gasteiger charge is -2.13. The number of hydrogen-bond donors (Lipinski definition) is 1. The molecule has 0 aliphatic heterocycles. The summed E-state index contributed by atoms with van der Waals surface area (Å²) in [5, 5.41) is 13.8. The van der Waals surface area contributed by atoms with E-state index in [1.807, 2.05) is 0 Å². The van der Waals surface area contributed by atoms with Crippen LogP contribution in [0, 0.1) is 10.1 Å². The van der Waals surface area contributed by atoms with Crippen LogP contribution in [-0.2, 0) is 9.53 Å². The molecule has 0 saturated heterocycles. The Morgan fingerprint density at radius 1 is 1.32 bits per heavy atom. The third-order valence-electron chi connectivity index (χ3n) is 3.86. The highest BCUT2D eigenvalue weighted by Crippen LogP contribution is 2.23. The molecule has 134 valence electrons. The van der Waals surface area contributed by atoms with Crippen molar-refractivity contribution in [3.8, 4) is 0 Å². The van der Waals surface area contributed by atoms with Crippen molar-refractivity contribution < 1.29 is 19.2 Å². The molecule has 0 saturated carbocycles. The quantitative estimate of drug-likeness (QED) is 0.345. The van der Waals surface area contributed by atoms with Crippen molar-refractivity contribution in [3.05, 3.63) is 50.5 Å². The molecule has 0 radical (unpaired) electrons. The predicted octanol–water partition coefficient (Wildman–Crippen LogP) is 3.41. The van der Waals surface area contributed by atoms with Crippen molar-refractivity contribution in [3.63, 3.8) is 0 Å². The van der Waals surface area contributed by atoms with Gasteiger partial charge in [0.2, 0.25) is 0 Å². The number of allylic oxidation sites excluding steroid dienone is 1. The Morgan fingerprint density at radius 3 is 2.80 bits per heavy atom. The number of carbonyl (C=O) groups is 2. The standard InChI is InChI=1S/C17H19ClN2O5/c18-13-6-7-15(20(23)24)14(10-13)17(22)25-11-16(21)19-9-8-12-4-2-1-3-5-12/h4,6-7,10H,1-3,5,8-9,11H2,(H,19,21). The highest BCUT2D eigenvalue weighted by atomic mass is 35.5. The van der Waals surface area contributed by atoms with E-state index in [9.17, 15) is 19.7 Å². The summed E-state index contributed by atoms with van der Waals surface area (Å²) in [6.07, 6.45) is 7.51. The average molecular weight is 367 g/mol. The van der Waals surface area contributed by atoms with Crippen molar-refractivity contribution in [1.82, 2.24) is 5.32 Å².